The standard InChI is InChI=1S/C22H37N5O2.HI/c1-6-24-22(27-13-11-17(12-14-27)15-21(28)23-2)25-16-20(26(3)4)18-7-9-19(29-5)10-8-18;/h7-10,17,20H,6,11-16H2,1-5H3,(H,23,28)(H,24,25);1H. The summed E-state index contributed by atoms with van der Waals surface area (Å²) >= 11 is 0. The van der Waals surface area contributed by atoms with E-state index in [0.717, 1.165) is 44.2 Å². The third kappa shape index (κ3) is 7.94. The summed E-state index contributed by atoms with van der Waals surface area (Å²) in [6.45, 7) is 5.48. The number of amides is 1. The average Bonchev–Trinajstić information content (AvgIpc) is 2.74. The molecule has 0 bridgehead atoms. The highest BCUT2D eigenvalue weighted by Crippen LogP contribution is 2.23. The molecule has 1 heterocycles. The Morgan fingerprint density at radius 3 is 2.40 bits per heavy atom. The Kier molecular flexibility index (Phi) is 12.1. The number of rotatable bonds is 8. The topological polar surface area (TPSA) is 69.2 Å². The molecule has 170 valence electrons. The fourth-order valence-corrected chi connectivity index (χ4v) is 3.70. The molecule has 7 nitrogen and oxygen atoms in total. The molecule has 2 rings (SSSR count). The highest BCUT2D eigenvalue weighted by Gasteiger charge is 2.23. The molecule has 1 aromatic rings. The molecule has 1 amide bonds. The van der Waals surface area contributed by atoms with Crippen LogP contribution in [0.4, 0.5) is 0 Å². The molecule has 1 aliphatic rings. The number of carbonyl (C=O) groups excluding carboxylic acids is 1. The van der Waals surface area contributed by atoms with Crippen LogP contribution < -0.4 is 15.4 Å². The molecular weight excluding hydrogens is 493 g/mol. The number of carbonyl (C=O) groups is 1. The van der Waals surface area contributed by atoms with E-state index < -0.39 is 0 Å². The highest BCUT2D eigenvalue weighted by atomic mass is 127. The maximum Gasteiger partial charge on any atom is 0.220 e. The van der Waals surface area contributed by atoms with Crippen LogP contribution in [0.1, 0.15) is 37.8 Å². The largest absolute Gasteiger partial charge is 0.497 e. The van der Waals surface area contributed by atoms with Gasteiger partial charge in [0.05, 0.1) is 19.7 Å². The van der Waals surface area contributed by atoms with Crippen molar-refractivity contribution < 1.29 is 9.53 Å². The van der Waals surface area contributed by atoms with Crippen molar-refractivity contribution in [3.05, 3.63) is 29.8 Å². The van der Waals surface area contributed by atoms with Gasteiger partial charge in [0.25, 0.3) is 0 Å². The first-order valence-corrected chi connectivity index (χ1v) is 10.5. The van der Waals surface area contributed by atoms with E-state index >= 15 is 0 Å². The van der Waals surface area contributed by atoms with Crippen LogP contribution in [0.5, 0.6) is 5.75 Å². The molecule has 1 fully saturated rings. The number of methoxy groups -OCH3 is 1. The number of likely N-dealkylation sites (N-methyl/N-ethyl adjacent to an activating group) is 1. The SMILES string of the molecule is CCNC(=NCC(c1ccc(OC)cc1)N(C)C)N1CCC(CC(=O)NC)CC1.I. The van der Waals surface area contributed by atoms with E-state index in [1.165, 1.54) is 5.56 Å². The Bertz CT molecular complexity index is 658. The number of hydrogen-bond acceptors (Lipinski definition) is 4. The summed E-state index contributed by atoms with van der Waals surface area (Å²) in [4.78, 5) is 21.1. The van der Waals surface area contributed by atoms with Crippen LogP contribution in [-0.4, -0.2) is 76.1 Å². The van der Waals surface area contributed by atoms with Crippen LogP contribution in [0.2, 0.25) is 0 Å². The molecule has 0 radical (unpaired) electrons. The number of ether oxygens (including phenoxy) is 1. The van der Waals surface area contributed by atoms with Crippen LogP contribution in [0, 0.1) is 5.92 Å². The van der Waals surface area contributed by atoms with E-state index in [0.29, 0.717) is 18.9 Å². The van der Waals surface area contributed by atoms with Gasteiger partial charge in [-0.1, -0.05) is 12.1 Å². The number of piperidine rings is 1. The van der Waals surface area contributed by atoms with Crippen molar-refractivity contribution in [1.82, 2.24) is 20.4 Å². The van der Waals surface area contributed by atoms with Crippen LogP contribution in [0.3, 0.4) is 0 Å². The zero-order valence-corrected chi connectivity index (χ0v) is 21.3. The average molecular weight is 531 g/mol. The predicted octanol–water partition coefficient (Wildman–Crippen LogP) is 2.73. The van der Waals surface area contributed by atoms with Crippen molar-refractivity contribution >= 4 is 35.8 Å². The highest BCUT2D eigenvalue weighted by molar-refractivity contribution is 14.0. The summed E-state index contributed by atoms with van der Waals surface area (Å²) in [5, 5.41) is 6.17. The summed E-state index contributed by atoms with van der Waals surface area (Å²) in [5.74, 6) is 2.43. The van der Waals surface area contributed by atoms with Crippen LogP contribution >= 0.6 is 24.0 Å². The number of nitrogens with one attached hydrogen (secondary N) is 2. The molecule has 30 heavy (non-hydrogen) atoms. The molecule has 8 heteroatoms. The van der Waals surface area contributed by atoms with Gasteiger partial charge >= 0.3 is 0 Å². The summed E-state index contributed by atoms with van der Waals surface area (Å²) in [6, 6.07) is 8.41. The lowest BCUT2D eigenvalue weighted by Gasteiger charge is -2.34. The fraction of sp³-hybridized carbons (Fsp3) is 0.636. The summed E-state index contributed by atoms with van der Waals surface area (Å²) in [6.07, 6.45) is 2.67. The van der Waals surface area contributed by atoms with Gasteiger partial charge in [0.2, 0.25) is 5.91 Å². The van der Waals surface area contributed by atoms with Crippen molar-refractivity contribution in [3.8, 4) is 5.75 Å². The number of aliphatic imine (C=N–C) groups is 1. The monoisotopic (exact) mass is 531 g/mol. The number of halogens is 1. The quantitative estimate of drug-likeness (QED) is 0.307. The van der Waals surface area contributed by atoms with Gasteiger partial charge in [-0.2, -0.15) is 0 Å². The first-order chi connectivity index (χ1) is 14.0. The predicted molar refractivity (Wildman–Crippen MR) is 134 cm³/mol. The third-order valence-corrected chi connectivity index (χ3v) is 5.54. The minimum Gasteiger partial charge on any atom is -0.497 e. The Morgan fingerprint density at radius 2 is 1.90 bits per heavy atom. The first-order valence-electron chi connectivity index (χ1n) is 10.5. The normalized spacial score (nSPS) is 16.1. The van der Waals surface area contributed by atoms with Gasteiger partial charge < -0.3 is 25.2 Å². The summed E-state index contributed by atoms with van der Waals surface area (Å²) in [5.41, 5.74) is 1.22. The number of hydrogen-bond donors (Lipinski definition) is 2. The van der Waals surface area contributed by atoms with E-state index in [2.05, 4.69) is 53.6 Å². The van der Waals surface area contributed by atoms with E-state index in [4.69, 9.17) is 9.73 Å². The number of nitrogens with zero attached hydrogens (tertiary/aromatic N) is 3. The van der Waals surface area contributed by atoms with Gasteiger partial charge in [-0.15, -0.1) is 24.0 Å². The maximum absolute atomic E-state index is 11.6. The lowest BCUT2D eigenvalue weighted by Crippen LogP contribution is -2.46. The molecule has 1 aliphatic heterocycles. The second kappa shape index (κ2) is 13.7. The zero-order chi connectivity index (χ0) is 21.2. The molecule has 1 aromatic carbocycles. The van der Waals surface area contributed by atoms with Gasteiger partial charge in [0, 0.05) is 33.1 Å². The van der Waals surface area contributed by atoms with Crippen LogP contribution in [0.15, 0.2) is 29.3 Å². The van der Waals surface area contributed by atoms with Crippen molar-refractivity contribution in [2.24, 2.45) is 10.9 Å². The smallest absolute Gasteiger partial charge is 0.220 e. The molecule has 0 aliphatic carbocycles. The molecule has 1 saturated heterocycles. The van der Waals surface area contributed by atoms with Crippen LogP contribution in [0.25, 0.3) is 0 Å². The van der Waals surface area contributed by atoms with E-state index in [1.54, 1.807) is 14.2 Å². The van der Waals surface area contributed by atoms with Crippen molar-refractivity contribution in [2.45, 2.75) is 32.2 Å². The van der Waals surface area contributed by atoms with Crippen molar-refractivity contribution in [3.63, 3.8) is 0 Å². The molecular formula is C22H38IN5O2. The van der Waals surface area contributed by atoms with Crippen molar-refractivity contribution in [2.75, 3.05) is 54.4 Å². The Labute approximate surface area is 198 Å². The summed E-state index contributed by atoms with van der Waals surface area (Å²) in [7, 11) is 7.56. The van der Waals surface area contributed by atoms with Crippen molar-refractivity contribution in [1.29, 1.82) is 0 Å². The van der Waals surface area contributed by atoms with Gasteiger partial charge in [0.15, 0.2) is 5.96 Å². The molecule has 0 aromatic heterocycles. The first kappa shape index (κ1) is 26.5. The van der Waals surface area contributed by atoms with Gasteiger partial charge in [0.1, 0.15) is 5.75 Å². The third-order valence-electron chi connectivity index (χ3n) is 5.54. The fourth-order valence-electron chi connectivity index (χ4n) is 3.70. The second-order valence-corrected chi connectivity index (χ2v) is 7.75. The maximum atomic E-state index is 11.6. The molecule has 2 N–H and O–H groups in total. The number of likely N-dealkylation sites (tertiary alicyclic amines) is 1. The lowest BCUT2D eigenvalue weighted by atomic mass is 9.93. The Hall–Kier alpha value is -1.55. The Balaban J connectivity index is 0.00000450. The van der Waals surface area contributed by atoms with E-state index in [-0.39, 0.29) is 35.9 Å². The molecule has 0 saturated carbocycles. The summed E-state index contributed by atoms with van der Waals surface area (Å²) < 4.78 is 5.28. The minimum absolute atomic E-state index is 0. The number of guanidine groups is 1. The van der Waals surface area contributed by atoms with Gasteiger partial charge in [-0.05, 0) is 57.5 Å². The molecule has 1 atom stereocenters. The second-order valence-electron chi connectivity index (χ2n) is 7.75. The lowest BCUT2D eigenvalue weighted by molar-refractivity contribution is -0.121. The Morgan fingerprint density at radius 1 is 1.27 bits per heavy atom. The zero-order valence-electron chi connectivity index (χ0n) is 19.0. The van der Waals surface area contributed by atoms with E-state index in [9.17, 15) is 4.79 Å². The van der Waals surface area contributed by atoms with Gasteiger partial charge in [-0.3, -0.25) is 9.79 Å². The molecule has 1 unspecified atom stereocenters. The van der Waals surface area contributed by atoms with Gasteiger partial charge in [-0.25, -0.2) is 0 Å². The number of benzene rings is 1. The van der Waals surface area contributed by atoms with E-state index in [1.807, 2.05) is 12.1 Å². The minimum atomic E-state index is 0. The molecule has 0 spiro atoms. The van der Waals surface area contributed by atoms with Crippen LogP contribution in [-0.2, 0) is 4.79 Å².